The fraction of sp³-hybridized carbons (Fsp3) is 0.296. The van der Waals surface area contributed by atoms with Gasteiger partial charge < -0.3 is 33.5 Å². The molecule has 2 aliphatic heterocycles. The summed E-state index contributed by atoms with van der Waals surface area (Å²) in [5.41, 5.74) is 0.839. The van der Waals surface area contributed by atoms with Gasteiger partial charge in [-0.15, -0.1) is 0 Å². The Bertz CT molecular complexity index is 1350. The lowest BCUT2D eigenvalue weighted by Gasteiger charge is -2.27. The van der Waals surface area contributed by atoms with Gasteiger partial charge in [0.2, 0.25) is 0 Å². The highest BCUT2D eigenvalue weighted by Gasteiger charge is 2.47. The molecule has 2 aromatic carbocycles. The van der Waals surface area contributed by atoms with E-state index in [1.165, 1.54) is 19.1 Å². The Kier molecular flexibility index (Phi) is 6.72. The van der Waals surface area contributed by atoms with Crippen LogP contribution in [0, 0.1) is 0 Å². The summed E-state index contributed by atoms with van der Waals surface area (Å²) in [5.74, 6) is 0.223. The average molecular weight is 506 g/mol. The number of fused-ring (bicyclic) bond motifs is 1. The molecule has 10 nitrogen and oxygen atoms in total. The number of methoxy groups -OCH3 is 2. The average Bonchev–Trinajstić information content (AvgIpc) is 3.54. The van der Waals surface area contributed by atoms with Gasteiger partial charge in [0.15, 0.2) is 11.5 Å². The molecule has 0 spiro atoms. The maximum Gasteiger partial charge on any atom is 0.295 e. The van der Waals surface area contributed by atoms with E-state index in [0.717, 1.165) is 0 Å². The molecule has 5 rings (SSSR count). The van der Waals surface area contributed by atoms with Crippen LogP contribution in [0.4, 0.5) is 0 Å². The van der Waals surface area contributed by atoms with Gasteiger partial charge in [0.25, 0.3) is 11.7 Å². The fourth-order valence-electron chi connectivity index (χ4n) is 4.68. The first kappa shape index (κ1) is 24.2. The lowest BCUT2D eigenvalue weighted by Crippen LogP contribution is -2.31. The molecule has 0 radical (unpaired) electrons. The van der Waals surface area contributed by atoms with Gasteiger partial charge >= 0.3 is 0 Å². The Balaban J connectivity index is 1.60. The summed E-state index contributed by atoms with van der Waals surface area (Å²) in [6.45, 7) is 1.68. The van der Waals surface area contributed by atoms with Crippen molar-refractivity contribution in [2.45, 2.75) is 19.0 Å². The Morgan fingerprint density at radius 3 is 2.59 bits per heavy atom. The van der Waals surface area contributed by atoms with E-state index in [4.69, 9.17) is 18.9 Å². The van der Waals surface area contributed by atoms with Gasteiger partial charge in [-0.05, 0) is 42.8 Å². The number of rotatable bonds is 8. The molecule has 1 aromatic heterocycles. The molecule has 3 aromatic rings. The first-order valence-corrected chi connectivity index (χ1v) is 11.9. The Morgan fingerprint density at radius 2 is 1.86 bits per heavy atom. The third kappa shape index (κ3) is 4.57. The van der Waals surface area contributed by atoms with Crippen LogP contribution >= 0.6 is 0 Å². The number of aliphatic hydroxyl groups excluding tert-OH is 1. The van der Waals surface area contributed by atoms with Crippen LogP contribution in [-0.2, 0) is 16.1 Å². The number of ketones is 1. The van der Waals surface area contributed by atoms with Crippen molar-refractivity contribution in [3.05, 3.63) is 71.8 Å². The Hall–Kier alpha value is -4.47. The fourth-order valence-corrected chi connectivity index (χ4v) is 4.68. The van der Waals surface area contributed by atoms with Crippen molar-refractivity contribution in [2.75, 3.05) is 34.0 Å². The number of carbonyl (C=O) groups excluding carboxylic acids is 2. The zero-order valence-electron chi connectivity index (χ0n) is 20.5. The molecule has 192 valence electrons. The second-order valence-electron chi connectivity index (χ2n) is 8.61. The molecular formula is C27H27N3O7. The van der Waals surface area contributed by atoms with Crippen LogP contribution in [0.15, 0.2) is 60.7 Å². The number of aryl methyl sites for hydroxylation is 1. The first-order chi connectivity index (χ1) is 18.0. The molecule has 1 saturated heterocycles. The summed E-state index contributed by atoms with van der Waals surface area (Å²) in [5, 5.41) is 11.4. The SMILES string of the molecule is COc1ccc(OC)c([C@@H]2/C(=C(\O)c3ccc4c(c3)OCCO4)C(=O)C(=O)N2CCCn2ccnc2)c1. The molecule has 0 aliphatic carbocycles. The summed E-state index contributed by atoms with van der Waals surface area (Å²) in [6, 6.07) is 9.19. The highest BCUT2D eigenvalue weighted by atomic mass is 16.6. The molecule has 1 amide bonds. The summed E-state index contributed by atoms with van der Waals surface area (Å²) >= 11 is 0. The van der Waals surface area contributed by atoms with Gasteiger partial charge in [0.1, 0.15) is 30.5 Å². The number of hydrogen-bond donors (Lipinski definition) is 1. The summed E-state index contributed by atoms with van der Waals surface area (Å²) in [7, 11) is 3.04. The predicted octanol–water partition coefficient (Wildman–Crippen LogP) is 3.18. The lowest BCUT2D eigenvalue weighted by molar-refractivity contribution is -0.140. The van der Waals surface area contributed by atoms with Crippen LogP contribution in [0.25, 0.3) is 5.76 Å². The number of Topliss-reactive ketones (excluding diaryl/α,β-unsaturated/α-hetero) is 1. The number of imidazole rings is 1. The minimum atomic E-state index is -0.888. The van der Waals surface area contributed by atoms with Gasteiger partial charge in [-0.3, -0.25) is 9.59 Å². The van der Waals surface area contributed by atoms with Crippen molar-refractivity contribution in [1.29, 1.82) is 0 Å². The second kappa shape index (κ2) is 10.3. The van der Waals surface area contributed by atoms with E-state index in [1.807, 2.05) is 10.8 Å². The minimum absolute atomic E-state index is 0.0316. The molecule has 1 fully saturated rings. The van der Waals surface area contributed by atoms with E-state index in [2.05, 4.69) is 4.98 Å². The van der Waals surface area contributed by atoms with E-state index in [9.17, 15) is 14.7 Å². The molecule has 3 heterocycles. The van der Waals surface area contributed by atoms with Gasteiger partial charge in [0.05, 0.1) is 32.2 Å². The third-order valence-electron chi connectivity index (χ3n) is 6.46. The maximum atomic E-state index is 13.4. The molecule has 2 aliphatic rings. The van der Waals surface area contributed by atoms with E-state index in [-0.39, 0.29) is 17.9 Å². The van der Waals surface area contributed by atoms with Crippen LogP contribution in [0.5, 0.6) is 23.0 Å². The van der Waals surface area contributed by atoms with Gasteiger partial charge in [-0.25, -0.2) is 4.98 Å². The van der Waals surface area contributed by atoms with Crippen molar-refractivity contribution in [3.8, 4) is 23.0 Å². The van der Waals surface area contributed by atoms with Crippen molar-refractivity contribution in [2.24, 2.45) is 0 Å². The third-order valence-corrected chi connectivity index (χ3v) is 6.46. The highest BCUT2D eigenvalue weighted by Crippen LogP contribution is 2.44. The zero-order valence-corrected chi connectivity index (χ0v) is 20.5. The second-order valence-corrected chi connectivity index (χ2v) is 8.61. The number of nitrogens with zero attached hydrogens (tertiary/aromatic N) is 3. The van der Waals surface area contributed by atoms with Gasteiger partial charge in [-0.2, -0.15) is 0 Å². The zero-order chi connectivity index (χ0) is 25.9. The van der Waals surface area contributed by atoms with E-state index in [1.54, 1.807) is 48.9 Å². The number of aromatic nitrogens is 2. The monoisotopic (exact) mass is 505 g/mol. The molecule has 10 heteroatoms. The maximum absolute atomic E-state index is 13.4. The quantitative estimate of drug-likeness (QED) is 0.282. The first-order valence-electron chi connectivity index (χ1n) is 11.9. The van der Waals surface area contributed by atoms with Crippen LogP contribution < -0.4 is 18.9 Å². The minimum Gasteiger partial charge on any atom is -0.507 e. The lowest BCUT2D eigenvalue weighted by atomic mass is 9.94. The van der Waals surface area contributed by atoms with Crippen LogP contribution in [-0.4, -0.2) is 65.2 Å². The number of hydrogen-bond acceptors (Lipinski definition) is 8. The number of amides is 1. The standard InChI is InChI=1S/C27H27N3O7/c1-34-18-5-7-20(35-2)19(15-18)24-23(25(31)17-4-6-21-22(14-17)37-13-12-36-21)26(32)27(33)30(24)10-3-9-29-11-8-28-16-29/h4-8,11,14-16,24,31H,3,9-10,12-13H2,1-2H3/b25-23+/t24-/m1/s1. The molecule has 1 N–H and O–H groups in total. The van der Waals surface area contributed by atoms with Crippen LogP contribution in [0.1, 0.15) is 23.6 Å². The van der Waals surface area contributed by atoms with Crippen LogP contribution in [0.2, 0.25) is 0 Å². The number of likely N-dealkylation sites (tertiary alicyclic amines) is 1. The summed E-state index contributed by atoms with van der Waals surface area (Å²) in [4.78, 5) is 32.2. The van der Waals surface area contributed by atoms with Crippen molar-refractivity contribution < 1.29 is 33.6 Å². The van der Waals surface area contributed by atoms with Crippen LogP contribution in [0.3, 0.4) is 0 Å². The number of benzene rings is 2. The van der Waals surface area contributed by atoms with Crippen molar-refractivity contribution >= 4 is 17.4 Å². The van der Waals surface area contributed by atoms with E-state index < -0.39 is 17.7 Å². The Morgan fingerprint density at radius 1 is 1.05 bits per heavy atom. The van der Waals surface area contributed by atoms with Gasteiger partial charge in [0, 0.05) is 36.6 Å². The molecule has 0 bridgehead atoms. The van der Waals surface area contributed by atoms with E-state index in [0.29, 0.717) is 60.3 Å². The molecule has 0 saturated carbocycles. The molecule has 0 unspecified atom stereocenters. The topological polar surface area (TPSA) is 112 Å². The van der Waals surface area contributed by atoms with Crippen molar-refractivity contribution in [3.63, 3.8) is 0 Å². The molecular weight excluding hydrogens is 478 g/mol. The normalized spacial score (nSPS) is 18.2. The van der Waals surface area contributed by atoms with Gasteiger partial charge in [-0.1, -0.05) is 0 Å². The molecule has 1 atom stereocenters. The Labute approximate surface area is 213 Å². The number of aliphatic hydroxyl groups is 1. The van der Waals surface area contributed by atoms with Crippen molar-refractivity contribution in [1.82, 2.24) is 14.5 Å². The smallest absolute Gasteiger partial charge is 0.295 e. The summed E-state index contributed by atoms with van der Waals surface area (Å²) < 4.78 is 24.1. The highest BCUT2D eigenvalue weighted by molar-refractivity contribution is 6.46. The molecule has 37 heavy (non-hydrogen) atoms. The predicted molar refractivity (Wildman–Crippen MR) is 133 cm³/mol. The number of ether oxygens (including phenoxy) is 4. The summed E-state index contributed by atoms with van der Waals surface area (Å²) in [6.07, 6.45) is 5.77. The number of carbonyl (C=O) groups is 2. The van der Waals surface area contributed by atoms with E-state index >= 15 is 0 Å². The largest absolute Gasteiger partial charge is 0.507 e.